The maximum atomic E-state index is 13.5. The zero-order valence-electron chi connectivity index (χ0n) is 16.7. The van der Waals surface area contributed by atoms with Crippen LogP contribution in [0, 0.1) is 5.92 Å². The van der Waals surface area contributed by atoms with E-state index >= 15 is 0 Å². The molecule has 2 atom stereocenters. The van der Waals surface area contributed by atoms with E-state index < -0.39 is 0 Å². The number of para-hydroxylation sites is 1. The molecule has 1 aromatic heterocycles. The Hall–Kier alpha value is -2.85. The lowest BCUT2D eigenvalue weighted by atomic mass is 9.86. The molecule has 150 valence electrons. The van der Waals surface area contributed by atoms with Crippen LogP contribution >= 0.6 is 0 Å². The highest BCUT2D eigenvalue weighted by Gasteiger charge is 2.34. The van der Waals surface area contributed by atoms with Gasteiger partial charge >= 0.3 is 0 Å². The summed E-state index contributed by atoms with van der Waals surface area (Å²) in [4.78, 5) is 15.5. The van der Waals surface area contributed by atoms with Crippen molar-refractivity contribution < 1.29 is 9.21 Å². The van der Waals surface area contributed by atoms with Gasteiger partial charge in [0.25, 0.3) is 5.91 Å². The first kappa shape index (κ1) is 19.5. The molecule has 0 saturated carbocycles. The van der Waals surface area contributed by atoms with Gasteiger partial charge < -0.3 is 14.6 Å². The van der Waals surface area contributed by atoms with E-state index in [0.717, 1.165) is 44.5 Å². The van der Waals surface area contributed by atoms with Crippen molar-refractivity contribution in [3.8, 4) is 0 Å². The van der Waals surface area contributed by atoms with Crippen LogP contribution in [0.25, 0.3) is 0 Å². The zero-order chi connectivity index (χ0) is 19.9. The summed E-state index contributed by atoms with van der Waals surface area (Å²) in [7, 11) is 0. The molecule has 0 bridgehead atoms. The molecule has 1 fully saturated rings. The number of amides is 1. The SMILES string of the molecule is O=C(c1ccco1)N(c1ccccc1)C(CCc1ccccc1)C1CCCNC1. The Morgan fingerprint density at radius 3 is 2.45 bits per heavy atom. The number of carbonyl (C=O) groups excluding carboxylic acids is 1. The van der Waals surface area contributed by atoms with Crippen LogP contribution in [0.5, 0.6) is 0 Å². The normalized spacial score (nSPS) is 17.6. The Morgan fingerprint density at radius 1 is 1.03 bits per heavy atom. The van der Waals surface area contributed by atoms with Gasteiger partial charge in [-0.15, -0.1) is 0 Å². The van der Waals surface area contributed by atoms with Crippen molar-refractivity contribution in [1.29, 1.82) is 0 Å². The van der Waals surface area contributed by atoms with Crippen molar-refractivity contribution in [2.75, 3.05) is 18.0 Å². The summed E-state index contributed by atoms with van der Waals surface area (Å²) >= 11 is 0. The van der Waals surface area contributed by atoms with Crippen LogP contribution in [0.2, 0.25) is 0 Å². The Balaban J connectivity index is 1.67. The number of carbonyl (C=O) groups is 1. The maximum Gasteiger partial charge on any atom is 0.294 e. The van der Waals surface area contributed by atoms with E-state index in [-0.39, 0.29) is 11.9 Å². The van der Waals surface area contributed by atoms with Crippen LogP contribution in [0.4, 0.5) is 5.69 Å². The van der Waals surface area contributed by atoms with Gasteiger partial charge in [0.2, 0.25) is 0 Å². The number of nitrogens with one attached hydrogen (secondary N) is 1. The number of piperidine rings is 1. The first-order valence-corrected chi connectivity index (χ1v) is 10.5. The van der Waals surface area contributed by atoms with Crippen molar-refractivity contribution in [1.82, 2.24) is 5.32 Å². The van der Waals surface area contributed by atoms with Gasteiger partial charge in [-0.2, -0.15) is 0 Å². The minimum absolute atomic E-state index is 0.0650. The first-order valence-electron chi connectivity index (χ1n) is 10.5. The molecule has 4 heteroatoms. The van der Waals surface area contributed by atoms with Gasteiger partial charge in [-0.25, -0.2) is 0 Å². The third-order valence-corrected chi connectivity index (χ3v) is 5.77. The number of rotatable bonds is 7. The Morgan fingerprint density at radius 2 is 1.79 bits per heavy atom. The Kier molecular flexibility index (Phi) is 6.42. The third-order valence-electron chi connectivity index (χ3n) is 5.77. The molecule has 0 spiro atoms. The fourth-order valence-electron chi connectivity index (χ4n) is 4.31. The Labute approximate surface area is 172 Å². The highest BCUT2D eigenvalue weighted by atomic mass is 16.3. The van der Waals surface area contributed by atoms with Crippen molar-refractivity contribution in [2.45, 2.75) is 31.7 Å². The molecular weight excluding hydrogens is 360 g/mol. The number of hydrogen-bond donors (Lipinski definition) is 1. The predicted molar refractivity (Wildman–Crippen MR) is 116 cm³/mol. The van der Waals surface area contributed by atoms with Crippen molar-refractivity contribution in [2.24, 2.45) is 5.92 Å². The lowest BCUT2D eigenvalue weighted by molar-refractivity contribution is 0.0934. The quantitative estimate of drug-likeness (QED) is 0.624. The van der Waals surface area contributed by atoms with Gasteiger partial charge in [0.1, 0.15) is 0 Å². The standard InChI is InChI=1S/C25H28N2O2/c28-25(24-14-8-18-29-24)27(22-12-5-2-6-13-22)23(21-11-7-17-26-19-21)16-15-20-9-3-1-4-10-20/h1-6,8-10,12-14,18,21,23,26H,7,11,15-17,19H2. The molecule has 1 N–H and O–H groups in total. The molecule has 1 aliphatic rings. The molecule has 0 radical (unpaired) electrons. The van der Waals surface area contributed by atoms with Gasteiger partial charge in [-0.1, -0.05) is 48.5 Å². The lowest BCUT2D eigenvalue weighted by Crippen LogP contribution is -2.49. The van der Waals surface area contributed by atoms with Crippen molar-refractivity contribution in [3.63, 3.8) is 0 Å². The largest absolute Gasteiger partial charge is 0.459 e. The molecule has 1 aliphatic heterocycles. The number of anilines is 1. The summed E-state index contributed by atoms with van der Waals surface area (Å²) < 4.78 is 5.49. The van der Waals surface area contributed by atoms with Crippen LogP contribution in [-0.2, 0) is 6.42 Å². The molecule has 0 aliphatic carbocycles. The molecule has 1 amide bonds. The zero-order valence-corrected chi connectivity index (χ0v) is 16.7. The average molecular weight is 389 g/mol. The third kappa shape index (κ3) is 4.77. The minimum Gasteiger partial charge on any atom is -0.459 e. The van der Waals surface area contributed by atoms with Gasteiger partial charge in [0, 0.05) is 11.7 Å². The molecule has 29 heavy (non-hydrogen) atoms. The molecule has 2 heterocycles. The monoisotopic (exact) mass is 388 g/mol. The molecule has 2 aromatic carbocycles. The second kappa shape index (κ2) is 9.57. The summed E-state index contributed by atoms with van der Waals surface area (Å²) in [6.07, 6.45) is 5.69. The topological polar surface area (TPSA) is 45.5 Å². The maximum absolute atomic E-state index is 13.5. The fraction of sp³-hybridized carbons (Fsp3) is 0.320. The molecule has 2 unspecified atom stereocenters. The van der Waals surface area contributed by atoms with E-state index in [9.17, 15) is 4.79 Å². The van der Waals surface area contributed by atoms with Crippen molar-refractivity contribution >= 4 is 11.6 Å². The number of benzene rings is 2. The summed E-state index contributed by atoms with van der Waals surface area (Å²) in [6.45, 7) is 1.99. The van der Waals surface area contributed by atoms with E-state index in [1.54, 1.807) is 18.4 Å². The van der Waals surface area contributed by atoms with Gasteiger partial charge in [-0.3, -0.25) is 4.79 Å². The molecule has 4 nitrogen and oxygen atoms in total. The molecule has 3 aromatic rings. The van der Waals surface area contributed by atoms with Crippen LogP contribution in [0.1, 0.15) is 35.4 Å². The van der Waals surface area contributed by atoms with E-state index in [2.05, 4.69) is 29.6 Å². The number of hydrogen-bond acceptors (Lipinski definition) is 3. The van der Waals surface area contributed by atoms with Gasteiger partial charge in [0.15, 0.2) is 5.76 Å². The van der Waals surface area contributed by atoms with Crippen LogP contribution in [-0.4, -0.2) is 25.0 Å². The van der Waals surface area contributed by atoms with E-state index in [4.69, 9.17) is 4.42 Å². The van der Waals surface area contributed by atoms with E-state index in [1.807, 2.05) is 41.3 Å². The van der Waals surface area contributed by atoms with E-state index in [0.29, 0.717) is 11.7 Å². The van der Waals surface area contributed by atoms with Crippen molar-refractivity contribution in [3.05, 3.63) is 90.4 Å². The van der Waals surface area contributed by atoms with Gasteiger partial charge in [-0.05, 0) is 74.5 Å². The molecule has 4 rings (SSSR count). The van der Waals surface area contributed by atoms with Crippen LogP contribution in [0.3, 0.4) is 0 Å². The second-order valence-electron chi connectivity index (χ2n) is 7.69. The molecule has 1 saturated heterocycles. The fourth-order valence-corrected chi connectivity index (χ4v) is 4.31. The first-order chi connectivity index (χ1) is 14.3. The predicted octanol–water partition coefficient (Wildman–Crippen LogP) is 4.93. The summed E-state index contributed by atoms with van der Waals surface area (Å²) in [6, 6.07) is 24.2. The smallest absolute Gasteiger partial charge is 0.294 e. The van der Waals surface area contributed by atoms with Crippen LogP contribution in [0.15, 0.2) is 83.5 Å². The highest BCUT2D eigenvalue weighted by molar-refractivity contribution is 6.04. The summed E-state index contributed by atoms with van der Waals surface area (Å²) in [5.41, 5.74) is 2.23. The number of aryl methyl sites for hydroxylation is 1. The highest BCUT2D eigenvalue weighted by Crippen LogP contribution is 2.30. The molecular formula is C25H28N2O2. The second-order valence-corrected chi connectivity index (χ2v) is 7.69. The number of furan rings is 1. The van der Waals surface area contributed by atoms with E-state index in [1.165, 1.54) is 5.56 Å². The number of nitrogens with zero attached hydrogens (tertiary/aromatic N) is 1. The minimum atomic E-state index is -0.0650. The Bertz CT molecular complexity index is 872. The lowest BCUT2D eigenvalue weighted by Gasteiger charge is -2.39. The summed E-state index contributed by atoms with van der Waals surface area (Å²) in [5, 5.41) is 3.53. The average Bonchev–Trinajstić information content (AvgIpc) is 3.33. The van der Waals surface area contributed by atoms with Crippen LogP contribution < -0.4 is 10.2 Å². The summed E-state index contributed by atoms with van der Waals surface area (Å²) in [5.74, 6) is 0.735. The van der Waals surface area contributed by atoms with Gasteiger partial charge in [0.05, 0.1) is 6.26 Å².